The molecule has 0 bridgehead atoms. The monoisotopic (exact) mass is 300 g/mol. The van der Waals surface area contributed by atoms with Gasteiger partial charge in [-0.3, -0.25) is 9.69 Å². The van der Waals surface area contributed by atoms with Crippen molar-refractivity contribution in [2.75, 3.05) is 19.7 Å². The molecule has 1 saturated carbocycles. The van der Waals surface area contributed by atoms with Gasteiger partial charge < -0.3 is 10.1 Å². The van der Waals surface area contributed by atoms with E-state index in [9.17, 15) is 4.79 Å². The van der Waals surface area contributed by atoms with E-state index in [0.717, 1.165) is 37.6 Å². The van der Waals surface area contributed by atoms with Crippen molar-refractivity contribution in [2.45, 2.75) is 44.4 Å². The number of nitrogens with zero attached hydrogens (tertiary/aromatic N) is 1. The summed E-state index contributed by atoms with van der Waals surface area (Å²) in [5.41, 5.74) is 1.93. The largest absolute Gasteiger partial charge is 0.375 e. The second-order valence-electron chi connectivity index (χ2n) is 7.09. The molecular weight excluding hydrogens is 276 g/mol. The van der Waals surface area contributed by atoms with Gasteiger partial charge in [0.15, 0.2) is 0 Å². The molecule has 0 aromatic heterocycles. The van der Waals surface area contributed by atoms with Gasteiger partial charge in [-0.25, -0.2) is 0 Å². The standard InChI is InChI=1S/C18H24N2O2/c1-12-2-4-14(5-3-12)18(21)19-15-8-16-11-22-17(13-6-7-13)10-20(16)9-15/h2-5,13,15-17H,6-11H2,1H3,(H,19,21)/t15-,16-,17-/m0/s1. The van der Waals surface area contributed by atoms with Crippen LogP contribution in [0.2, 0.25) is 0 Å². The lowest BCUT2D eigenvalue weighted by atomic mass is 10.1. The number of morpholine rings is 1. The fourth-order valence-corrected chi connectivity index (χ4v) is 3.73. The molecule has 1 aromatic rings. The first-order valence-electron chi connectivity index (χ1n) is 8.42. The molecule has 22 heavy (non-hydrogen) atoms. The highest BCUT2D eigenvalue weighted by Crippen LogP contribution is 2.37. The first-order chi connectivity index (χ1) is 10.7. The van der Waals surface area contributed by atoms with Gasteiger partial charge in [0.2, 0.25) is 0 Å². The molecule has 1 aromatic carbocycles. The second kappa shape index (κ2) is 5.67. The molecule has 118 valence electrons. The molecule has 1 amide bonds. The number of amides is 1. The number of aryl methyl sites for hydroxylation is 1. The maximum atomic E-state index is 12.3. The Kier molecular flexibility index (Phi) is 3.66. The number of hydrogen-bond acceptors (Lipinski definition) is 3. The van der Waals surface area contributed by atoms with Gasteiger partial charge in [-0.15, -0.1) is 0 Å². The van der Waals surface area contributed by atoms with Crippen LogP contribution in [0.25, 0.3) is 0 Å². The average molecular weight is 300 g/mol. The zero-order valence-corrected chi connectivity index (χ0v) is 13.1. The first-order valence-corrected chi connectivity index (χ1v) is 8.42. The minimum atomic E-state index is 0.0458. The van der Waals surface area contributed by atoms with Crippen molar-refractivity contribution < 1.29 is 9.53 Å². The molecule has 1 aliphatic carbocycles. The molecule has 2 aliphatic heterocycles. The summed E-state index contributed by atoms with van der Waals surface area (Å²) in [6.07, 6.45) is 4.10. The second-order valence-corrected chi connectivity index (χ2v) is 7.09. The van der Waals surface area contributed by atoms with E-state index in [0.29, 0.717) is 12.1 Å². The zero-order chi connectivity index (χ0) is 15.1. The Morgan fingerprint density at radius 1 is 1.23 bits per heavy atom. The predicted molar refractivity (Wildman–Crippen MR) is 84.9 cm³/mol. The summed E-state index contributed by atoms with van der Waals surface area (Å²) in [6.45, 7) is 4.88. The number of rotatable bonds is 3. The van der Waals surface area contributed by atoms with Crippen molar-refractivity contribution in [3.8, 4) is 0 Å². The van der Waals surface area contributed by atoms with Crippen molar-refractivity contribution >= 4 is 5.91 Å². The Labute approximate surface area is 131 Å². The molecule has 3 atom stereocenters. The molecule has 0 unspecified atom stereocenters. The SMILES string of the molecule is Cc1ccc(C(=O)N[C@H]2C[C@H]3CO[C@H](C4CC4)CN3C2)cc1. The van der Waals surface area contributed by atoms with E-state index in [1.165, 1.54) is 18.4 Å². The van der Waals surface area contributed by atoms with Crippen molar-refractivity contribution in [3.63, 3.8) is 0 Å². The molecule has 4 nitrogen and oxygen atoms in total. The fraction of sp³-hybridized carbons (Fsp3) is 0.611. The number of carbonyl (C=O) groups excluding carboxylic acids is 1. The third-order valence-corrected chi connectivity index (χ3v) is 5.24. The molecule has 1 N–H and O–H groups in total. The lowest BCUT2D eigenvalue weighted by molar-refractivity contribution is -0.0581. The maximum absolute atomic E-state index is 12.3. The molecule has 0 radical (unpaired) electrons. The number of carbonyl (C=O) groups is 1. The summed E-state index contributed by atoms with van der Waals surface area (Å²) in [5, 5.41) is 3.19. The van der Waals surface area contributed by atoms with Crippen LogP contribution in [0.4, 0.5) is 0 Å². The molecule has 0 spiro atoms. The lowest BCUT2D eigenvalue weighted by Gasteiger charge is -2.35. The van der Waals surface area contributed by atoms with Crippen molar-refractivity contribution in [2.24, 2.45) is 5.92 Å². The van der Waals surface area contributed by atoms with Gasteiger partial charge in [0.1, 0.15) is 0 Å². The number of benzene rings is 1. The lowest BCUT2D eigenvalue weighted by Crippen LogP contribution is -2.47. The van der Waals surface area contributed by atoms with Crippen molar-refractivity contribution in [1.29, 1.82) is 0 Å². The Bertz CT molecular complexity index is 553. The zero-order valence-electron chi connectivity index (χ0n) is 13.1. The van der Waals surface area contributed by atoms with Crippen LogP contribution >= 0.6 is 0 Å². The maximum Gasteiger partial charge on any atom is 0.251 e. The van der Waals surface area contributed by atoms with E-state index in [-0.39, 0.29) is 11.9 Å². The van der Waals surface area contributed by atoms with Gasteiger partial charge in [0, 0.05) is 30.7 Å². The van der Waals surface area contributed by atoms with Crippen LogP contribution in [0, 0.1) is 12.8 Å². The van der Waals surface area contributed by atoms with Gasteiger partial charge in [0.25, 0.3) is 5.91 Å². The number of fused-ring (bicyclic) bond motifs is 1. The van der Waals surface area contributed by atoms with Gasteiger partial charge >= 0.3 is 0 Å². The highest BCUT2D eigenvalue weighted by atomic mass is 16.5. The molecular formula is C18H24N2O2. The summed E-state index contributed by atoms with van der Waals surface area (Å²) in [6, 6.07) is 8.51. The van der Waals surface area contributed by atoms with Gasteiger partial charge in [-0.2, -0.15) is 0 Å². The minimum absolute atomic E-state index is 0.0458. The van der Waals surface area contributed by atoms with Crippen LogP contribution in [0.15, 0.2) is 24.3 Å². The van der Waals surface area contributed by atoms with Crippen LogP contribution in [0.5, 0.6) is 0 Å². The van der Waals surface area contributed by atoms with Gasteiger partial charge in [0.05, 0.1) is 12.7 Å². The van der Waals surface area contributed by atoms with Gasteiger partial charge in [-0.1, -0.05) is 17.7 Å². The average Bonchev–Trinajstić information content (AvgIpc) is 3.28. The Balaban J connectivity index is 1.34. The third kappa shape index (κ3) is 2.90. The molecule has 3 fully saturated rings. The van der Waals surface area contributed by atoms with E-state index in [1.54, 1.807) is 0 Å². The molecule has 3 aliphatic rings. The smallest absolute Gasteiger partial charge is 0.251 e. The number of hydrogen-bond donors (Lipinski definition) is 1. The van der Waals surface area contributed by atoms with Crippen molar-refractivity contribution in [3.05, 3.63) is 35.4 Å². The number of ether oxygens (including phenoxy) is 1. The Hall–Kier alpha value is -1.39. The Morgan fingerprint density at radius 3 is 2.73 bits per heavy atom. The first kappa shape index (κ1) is 14.2. The molecule has 2 heterocycles. The minimum Gasteiger partial charge on any atom is -0.375 e. The topological polar surface area (TPSA) is 41.6 Å². The predicted octanol–water partition coefficient (Wildman–Crippen LogP) is 1.98. The van der Waals surface area contributed by atoms with E-state index < -0.39 is 0 Å². The van der Waals surface area contributed by atoms with E-state index in [2.05, 4.69) is 10.2 Å². The van der Waals surface area contributed by atoms with Crippen LogP contribution in [-0.4, -0.2) is 48.7 Å². The van der Waals surface area contributed by atoms with Crippen LogP contribution < -0.4 is 5.32 Å². The summed E-state index contributed by atoms with van der Waals surface area (Å²) >= 11 is 0. The van der Waals surface area contributed by atoms with E-state index >= 15 is 0 Å². The summed E-state index contributed by atoms with van der Waals surface area (Å²) in [4.78, 5) is 14.9. The van der Waals surface area contributed by atoms with Crippen LogP contribution in [0.1, 0.15) is 35.2 Å². The van der Waals surface area contributed by atoms with Gasteiger partial charge in [-0.05, 0) is 44.2 Å². The molecule has 2 saturated heterocycles. The molecule has 4 rings (SSSR count). The van der Waals surface area contributed by atoms with Crippen LogP contribution in [0.3, 0.4) is 0 Å². The normalized spacial score (nSPS) is 31.8. The summed E-state index contributed by atoms with van der Waals surface area (Å²) in [7, 11) is 0. The molecule has 4 heteroatoms. The summed E-state index contributed by atoms with van der Waals surface area (Å²) in [5.74, 6) is 0.839. The fourth-order valence-electron chi connectivity index (χ4n) is 3.73. The van der Waals surface area contributed by atoms with Crippen molar-refractivity contribution in [1.82, 2.24) is 10.2 Å². The number of nitrogens with one attached hydrogen (secondary N) is 1. The highest BCUT2D eigenvalue weighted by Gasteiger charge is 2.42. The third-order valence-electron chi connectivity index (χ3n) is 5.24. The van der Waals surface area contributed by atoms with E-state index in [1.807, 2.05) is 31.2 Å². The Morgan fingerprint density at radius 2 is 2.00 bits per heavy atom. The van der Waals surface area contributed by atoms with E-state index in [4.69, 9.17) is 4.74 Å². The highest BCUT2D eigenvalue weighted by molar-refractivity contribution is 5.94. The van der Waals surface area contributed by atoms with Crippen LogP contribution in [-0.2, 0) is 4.74 Å². The summed E-state index contributed by atoms with van der Waals surface area (Å²) < 4.78 is 6.01. The quantitative estimate of drug-likeness (QED) is 0.928.